The maximum atomic E-state index is 9.19. The fourth-order valence-corrected chi connectivity index (χ4v) is 1.54. The van der Waals surface area contributed by atoms with Crippen LogP contribution in [0.2, 0.25) is 0 Å². The highest BCUT2D eigenvalue weighted by atomic mass is 79.9. The van der Waals surface area contributed by atoms with Crippen LogP contribution in [0.1, 0.15) is 6.92 Å². The van der Waals surface area contributed by atoms with Crippen LogP contribution in [0.5, 0.6) is 5.75 Å². The molecular formula is C11H16BrNO3. The van der Waals surface area contributed by atoms with Gasteiger partial charge in [0.25, 0.3) is 0 Å². The quantitative estimate of drug-likeness (QED) is 0.745. The van der Waals surface area contributed by atoms with Gasteiger partial charge in [0.1, 0.15) is 5.75 Å². The van der Waals surface area contributed by atoms with Crippen molar-refractivity contribution >= 4 is 21.6 Å². The Balaban J connectivity index is 2.63. The van der Waals surface area contributed by atoms with E-state index in [9.17, 15) is 5.11 Å². The highest BCUT2D eigenvalue weighted by Crippen LogP contribution is 2.28. The molecule has 3 N–H and O–H groups in total. The minimum Gasteiger partial charge on any atom is -0.493 e. The Kier molecular flexibility index (Phi) is 5.59. The Morgan fingerprint density at radius 1 is 1.50 bits per heavy atom. The van der Waals surface area contributed by atoms with Crippen molar-refractivity contribution in [3.05, 3.63) is 22.7 Å². The summed E-state index contributed by atoms with van der Waals surface area (Å²) in [5.74, 6) is 0.756. The average Bonchev–Trinajstić information content (AvgIpc) is 2.30. The molecule has 1 atom stereocenters. The predicted octanol–water partition coefficient (Wildman–Crippen LogP) is 1.61. The standard InChI is InChI=1S/C11H16BrNO3/c1-2-16-11-5-8(3-4-10(11)12)13-6-9(15)7-14/h3-5,9,13-15H,2,6-7H2,1H3. The van der Waals surface area contributed by atoms with Gasteiger partial charge in [-0.3, -0.25) is 0 Å². The van der Waals surface area contributed by atoms with Crippen LogP contribution in [0.3, 0.4) is 0 Å². The lowest BCUT2D eigenvalue weighted by Crippen LogP contribution is -2.22. The number of hydrogen-bond donors (Lipinski definition) is 3. The third-order valence-corrected chi connectivity index (χ3v) is 2.64. The van der Waals surface area contributed by atoms with Crippen LogP contribution in [0.4, 0.5) is 5.69 Å². The van der Waals surface area contributed by atoms with Crippen molar-refractivity contribution in [1.29, 1.82) is 0 Å². The van der Waals surface area contributed by atoms with E-state index >= 15 is 0 Å². The Hall–Kier alpha value is -0.780. The molecule has 0 aromatic heterocycles. The van der Waals surface area contributed by atoms with Crippen molar-refractivity contribution in [2.75, 3.05) is 25.1 Å². The molecule has 0 fully saturated rings. The molecule has 0 saturated carbocycles. The van der Waals surface area contributed by atoms with E-state index in [0.29, 0.717) is 13.2 Å². The second-order valence-corrected chi connectivity index (χ2v) is 4.15. The molecular weight excluding hydrogens is 274 g/mol. The summed E-state index contributed by atoms with van der Waals surface area (Å²) in [7, 11) is 0. The number of benzene rings is 1. The Labute approximate surface area is 103 Å². The second kappa shape index (κ2) is 6.73. The molecule has 1 rings (SSSR count). The van der Waals surface area contributed by atoms with Crippen LogP contribution < -0.4 is 10.1 Å². The number of nitrogens with one attached hydrogen (secondary N) is 1. The van der Waals surface area contributed by atoms with E-state index < -0.39 is 6.10 Å². The zero-order chi connectivity index (χ0) is 12.0. The van der Waals surface area contributed by atoms with Crippen molar-refractivity contribution in [2.45, 2.75) is 13.0 Å². The van der Waals surface area contributed by atoms with Crippen LogP contribution in [0.15, 0.2) is 22.7 Å². The molecule has 16 heavy (non-hydrogen) atoms. The van der Waals surface area contributed by atoms with Gasteiger partial charge in [-0.15, -0.1) is 0 Å². The zero-order valence-corrected chi connectivity index (χ0v) is 10.7. The van der Waals surface area contributed by atoms with Gasteiger partial charge < -0.3 is 20.3 Å². The van der Waals surface area contributed by atoms with Gasteiger partial charge in [-0.25, -0.2) is 0 Å². The zero-order valence-electron chi connectivity index (χ0n) is 9.11. The van der Waals surface area contributed by atoms with Crippen LogP contribution >= 0.6 is 15.9 Å². The number of ether oxygens (including phenoxy) is 1. The van der Waals surface area contributed by atoms with E-state index in [1.807, 2.05) is 25.1 Å². The van der Waals surface area contributed by atoms with E-state index in [-0.39, 0.29) is 6.61 Å². The lowest BCUT2D eigenvalue weighted by atomic mass is 10.3. The van der Waals surface area contributed by atoms with Gasteiger partial charge in [-0.05, 0) is 35.0 Å². The van der Waals surface area contributed by atoms with E-state index in [1.54, 1.807) is 0 Å². The lowest BCUT2D eigenvalue weighted by Gasteiger charge is -2.12. The van der Waals surface area contributed by atoms with Gasteiger partial charge in [0.05, 0.1) is 23.8 Å². The summed E-state index contributed by atoms with van der Waals surface area (Å²) in [6.07, 6.45) is -0.751. The average molecular weight is 290 g/mol. The molecule has 0 aliphatic heterocycles. The third kappa shape index (κ3) is 4.00. The minimum atomic E-state index is -0.751. The molecule has 0 heterocycles. The van der Waals surface area contributed by atoms with Gasteiger partial charge in [-0.1, -0.05) is 0 Å². The SMILES string of the molecule is CCOc1cc(NCC(O)CO)ccc1Br. The van der Waals surface area contributed by atoms with E-state index in [4.69, 9.17) is 9.84 Å². The van der Waals surface area contributed by atoms with Gasteiger partial charge in [0.15, 0.2) is 0 Å². The smallest absolute Gasteiger partial charge is 0.135 e. The first-order chi connectivity index (χ1) is 7.67. The summed E-state index contributed by atoms with van der Waals surface area (Å²) in [4.78, 5) is 0. The van der Waals surface area contributed by atoms with Crippen molar-refractivity contribution in [3.63, 3.8) is 0 Å². The second-order valence-electron chi connectivity index (χ2n) is 3.30. The number of anilines is 1. The monoisotopic (exact) mass is 289 g/mol. The first-order valence-corrected chi connectivity index (χ1v) is 5.91. The molecule has 90 valence electrons. The molecule has 1 aromatic carbocycles. The van der Waals surface area contributed by atoms with Gasteiger partial charge in [0.2, 0.25) is 0 Å². The summed E-state index contributed by atoms with van der Waals surface area (Å²) in [6.45, 7) is 2.58. The Morgan fingerprint density at radius 2 is 2.25 bits per heavy atom. The summed E-state index contributed by atoms with van der Waals surface area (Å²) < 4.78 is 6.30. The highest BCUT2D eigenvalue weighted by Gasteiger charge is 2.04. The number of rotatable bonds is 6. The van der Waals surface area contributed by atoms with Gasteiger partial charge in [-0.2, -0.15) is 0 Å². The topological polar surface area (TPSA) is 61.7 Å². The summed E-state index contributed by atoms with van der Waals surface area (Å²) in [6, 6.07) is 5.59. The molecule has 1 unspecified atom stereocenters. The largest absolute Gasteiger partial charge is 0.493 e. The third-order valence-electron chi connectivity index (χ3n) is 1.98. The van der Waals surface area contributed by atoms with E-state index in [0.717, 1.165) is 15.9 Å². The minimum absolute atomic E-state index is 0.248. The predicted molar refractivity (Wildman–Crippen MR) is 66.9 cm³/mol. The fourth-order valence-electron chi connectivity index (χ4n) is 1.18. The van der Waals surface area contributed by atoms with Crippen molar-refractivity contribution in [2.24, 2.45) is 0 Å². The number of halogens is 1. The van der Waals surface area contributed by atoms with E-state index in [2.05, 4.69) is 21.2 Å². The molecule has 0 aliphatic rings. The van der Waals surface area contributed by atoms with Crippen LogP contribution in [0.25, 0.3) is 0 Å². The van der Waals surface area contributed by atoms with Crippen LogP contribution in [-0.4, -0.2) is 36.1 Å². The molecule has 4 nitrogen and oxygen atoms in total. The lowest BCUT2D eigenvalue weighted by molar-refractivity contribution is 0.105. The first kappa shape index (κ1) is 13.3. The molecule has 0 saturated heterocycles. The maximum Gasteiger partial charge on any atom is 0.135 e. The molecule has 0 aliphatic carbocycles. The number of hydrogen-bond acceptors (Lipinski definition) is 4. The summed E-state index contributed by atoms with van der Waals surface area (Å²) in [5.41, 5.74) is 0.846. The molecule has 0 spiro atoms. The molecule has 1 aromatic rings. The number of aliphatic hydroxyl groups excluding tert-OH is 2. The summed E-state index contributed by atoms with van der Waals surface area (Å²) >= 11 is 3.38. The maximum absolute atomic E-state index is 9.19. The Morgan fingerprint density at radius 3 is 2.88 bits per heavy atom. The van der Waals surface area contributed by atoms with Crippen molar-refractivity contribution in [3.8, 4) is 5.75 Å². The van der Waals surface area contributed by atoms with Crippen LogP contribution in [-0.2, 0) is 0 Å². The molecule has 0 bridgehead atoms. The molecule has 5 heteroatoms. The highest BCUT2D eigenvalue weighted by molar-refractivity contribution is 9.10. The summed E-state index contributed by atoms with van der Waals surface area (Å²) in [5, 5.41) is 20.9. The van der Waals surface area contributed by atoms with Crippen LogP contribution in [0, 0.1) is 0 Å². The Bertz CT molecular complexity index is 333. The van der Waals surface area contributed by atoms with Gasteiger partial charge >= 0.3 is 0 Å². The fraction of sp³-hybridized carbons (Fsp3) is 0.455. The molecule has 0 amide bonds. The molecule has 0 radical (unpaired) electrons. The van der Waals surface area contributed by atoms with E-state index in [1.165, 1.54) is 0 Å². The normalized spacial score (nSPS) is 12.2. The van der Waals surface area contributed by atoms with Crippen molar-refractivity contribution < 1.29 is 14.9 Å². The first-order valence-electron chi connectivity index (χ1n) is 5.12. The van der Waals surface area contributed by atoms with Gasteiger partial charge in [0, 0.05) is 18.3 Å². The number of aliphatic hydroxyl groups is 2. The van der Waals surface area contributed by atoms with Crippen molar-refractivity contribution in [1.82, 2.24) is 0 Å².